The van der Waals surface area contributed by atoms with Gasteiger partial charge in [0.15, 0.2) is 0 Å². The number of ether oxygens (including phenoxy) is 8. The van der Waals surface area contributed by atoms with Gasteiger partial charge >= 0.3 is 23.9 Å². The predicted octanol–water partition coefficient (Wildman–Crippen LogP) is 6.67. The van der Waals surface area contributed by atoms with Crippen LogP contribution in [0.1, 0.15) is 52.5 Å². The van der Waals surface area contributed by atoms with Gasteiger partial charge in [0.05, 0.1) is 50.3 Å². The second kappa shape index (κ2) is 24.5. The third-order valence-electron chi connectivity index (χ3n) is 7.48. The molecule has 3 aromatic rings. The smallest absolute Gasteiger partial charge is 0.343 e. The summed E-state index contributed by atoms with van der Waals surface area (Å²) in [6.07, 6.45) is 5.72. The average molecular weight is 745 g/mol. The number of hydrogen-bond acceptors (Lipinski definition) is 12. The van der Waals surface area contributed by atoms with E-state index < -0.39 is 23.9 Å². The van der Waals surface area contributed by atoms with E-state index in [2.05, 4.69) is 19.7 Å². The Morgan fingerprint density at radius 1 is 0.593 bits per heavy atom. The van der Waals surface area contributed by atoms with E-state index in [9.17, 15) is 19.2 Å². The third kappa shape index (κ3) is 16.7. The van der Waals surface area contributed by atoms with E-state index in [1.54, 1.807) is 78.9 Å². The van der Waals surface area contributed by atoms with Gasteiger partial charge in [-0.05, 0) is 86.0 Å². The topological polar surface area (TPSA) is 142 Å². The first-order valence-electron chi connectivity index (χ1n) is 17.6. The molecule has 3 rings (SSSR count). The Labute approximate surface area is 316 Å². The number of unbranched alkanes of at least 4 members (excludes halogenated alkanes) is 1. The summed E-state index contributed by atoms with van der Waals surface area (Å²) in [5.41, 5.74) is 1.63. The monoisotopic (exact) mass is 744 g/mol. The van der Waals surface area contributed by atoms with Gasteiger partial charge in [-0.15, -0.1) is 6.58 Å². The Morgan fingerprint density at radius 2 is 1.15 bits per heavy atom. The maximum atomic E-state index is 12.8. The van der Waals surface area contributed by atoms with Crippen LogP contribution in [0.3, 0.4) is 0 Å². The highest BCUT2D eigenvalue weighted by Gasteiger charge is 2.15. The van der Waals surface area contributed by atoms with Crippen LogP contribution in [-0.4, -0.2) is 82.3 Å². The summed E-state index contributed by atoms with van der Waals surface area (Å²) in [7, 11) is 0. The second-order valence-corrected chi connectivity index (χ2v) is 11.7. The molecule has 288 valence electrons. The largest absolute Gasteiger partial charge is 0.493 e. The molecule has 2 unspecified atom stereocenters. The molecule has 0 N–H and O–H groups in total. The molecule has 0 saturated heterocycles. The lowest BCUT2D eigenvalue weighted by Crippen LogP contribution is -2.30. The molecular weight excluding hydrogens is 696 g/mol. The number of benzene rings is 3. The minimum Gasteiger partial charge on any atom is -0.493 e. The SMILES string of the molecule is C=CC(=O)OCCCCOCC(COc1ccc(C(=O)Oc2ccc(CCOC(=O)c3ccc(OCCCOC(=O)C=C)cc3)cc2)cc1)OC(C)C=C. The molecule has 54 heavy (non-hydrogen) atoms. The highest BCUT2D eigenvalue weighted by molar-refractivity contribution is 5.91. The minimum absolute atomic E-state index is 0.165. The van der Waals surface area contributed by atoms with E-state index in [-0.39, 0.29) is 32.0 Å². The van der Waals surface area contributed by atoms with Gasteiger partial charge in [0.25, 0.3) is 0 Å². The number of carbonyl (C=O) groups excluding carboxylic acids is 4. The fourth-order valence-electron chi connectivity index (χ4n) is 4.52. The summed E-state index contributed by atoms with van der Waals surface area (Å²) in [6.45, 7) is 14.4. The Balaban J connectivity index is 1.36. The van der Waals surface area contributed by atoms with Crippen LogP contribution in [0, 0.1) is 0 Å². The highest BCUT2D eigenvalue weighted by atomic mass is 16.6. The van der Waals surface area contributed by atoms with Crippen molar-refractivity contribution in [2.45, 2.75) is 44.8 Å². The summed E-state index contributed by atoms with van der Waals surface area (Å²) in [5, 5.41) is 0. The molecule has 3 aromatic carbocycles. The summed E-state index contributed by atoms with van der Waals surface area (Å²) in [5.74, 6) is -0.412. The second-order valence-electron chi connectivity index (χ2n) is 11.7. The van der Waals surface area contributed by atoms with Crippen molar-refractivity contribution in [2.24, 2.45) is 0 Å². The van der Waals surface area contributed by atoms with Crippen LogP contribution >= 0.6 is 0 Å². The van der Waals surface area contributed by atoms with Gasteiger partial charge < -0.3 is 37.9 Å². The summed E-state index contributed by atoms with van der Waals surface area (Å²) in [6, 6.07) is 20.1. The normalized spacial score (nSPS) is 11.6. The van der Waals surface area contributed by atoms with Gasteiger partial charge in [-0.25, -0.2) is 19.2 Å². The molecule has 0 spiro atoms. The zero-order chi connectivity index (χ0) is 39.0. The van der Waals surface area contributed by atoms with E-state index in [0.29, 0.717) is 80.5 Å². The van der Waals surface area contributed by atoms with E-state index in [1.807, 2.05) is 6.92 Å². The molecule has 0 aliphatic carbocycles. The lowest BCUT2D eigenvalue weighted by molar-refractivity contribution is -0.138. The van der Waals surface area contributed by atoms with Gasteiger partial charge in [-0.2, -0.15) is 0 Å². The zero-order valence-corrected chi connectivity index (χ0v) is 30.6. The van der Waals surface area contributed by atoms with E-state index in [4.69, 9.17) is 37.9 Å². The van der Waals surface area contributed by atoms with Crippen molar-refractivity contribution >= 4 is 23.9 Å². The first kappa shape index (κ1) is 42.7. The molecule has 0 heterocycles. The number of rotatable bonds is 26. The first-order valence-corrected chi connectivity index (χ1v) is 17.6. The highest BCUT2D eigenvalue weighted by Crippen LogP contribution is 2.19. The maximum absolute atomic E-state index is 12.8. The number of esters is 4. The molecule has 12 heteroatoms. The quantitative estimate of drug-likeness (QED) is 0.0217. The average Bonchev–Trinajstić information content (AvgIpc) is 3.19. The molecule has 0 saturated carbocycles. The summed E-state index contributed by atoms with van der Waals surface area (Å²) < 4.78 is 44.0. The van der Waals surface area contributed by atoms with Crippen LogP contribution in [0.2, 0.25) is 0 Å². The van der Waals surface area contributed by atoms with Crippen molar-refractivity contribution in [2.75, 3.05) is 46.2 Å². The Hall–Kier alpha value is -5.72. The summed E-state index contributed by atoms with van der Waals surface area (Å²) in [4.78, 5) is 47.4. The van der Waals surface area contributed by atoms with Gasteiger partial charge in [-0.1, -0.05) is 31.4 Å². The lowest BCUT2D eigenvalue weighted by Gasteiger charge is -2.21. The molecule has 0 aliphatic rings. The predicted molar refractivity (Wildman–Crippen MR) is 201 cm³/mol. The van der Waals surface area contributed by atoms with Crippen LogP contribution < -0.4 is 14.2 Å². The molecule has 0 fully saturated rings. The number of carbonyl (C=O) groups is 4. The minimum atomic E-state index is -0.526. The first-order chi connectivity index (χ1) is 26.2. The van der Waals surface area contributed by atoms with Crippen molar-refractivity contribution in [1.29, 1.82) is 0 Å². The standard InChI is InChI=1S/C42H48O12/c1-5-31(4)53-38(29-47-24-8-9-25-49-39(43)6-2)30-52-36-21-15-34(16-22-36)42(46)54-37-17-11-32(12-18-37)23-28-51-41(45)33-13-19-35(20-14-33)48-26-10-27-50-40(44)7-3/h5-7,11-22,31,38H,1-3,8-10,23-30H2,4H3. The lowest BCUT2D eigenvalue weighted by atomic mass is 10.1. The third-order valence-corrected chi connectivity index (χ3v) is 7.48. The van der Waals surface area contributed by atoms with Crippen LogP contribution in [0.15, 0.2) is 111 Å². The molecule has 0 aromatic heterocycles. The van der Waals surface area contributed by atoms with Crippen LogP contribution in [0.4, 0.5) is 0 Å². The molecule has 0 aliphatic heterocycles. The van der Waals surface area contributed by atoms with Gasteiger partial charge in [0.2, 0.25) is 0 Å². The Morgan fingerprint density at radius 3 is 1.76 bits per heavy atom. The van der Waals surface area contributed by atoms with Gasteiger partial charge in [-0.3, -0.25) is 0 Å². The maximum Gasteiger partial charge on any atom is 0.343 e. The number of hydrogen-bond donors (Lipinski definition) is 0. The molecule has 2 atom stereocenters. The fraction of sp³-hybridized carbons (Fsp3) is 0.333. The van der Waals surface area contributed by atoms with Gasteiger partial charge in [0, 0.05) is 31.6 Å². The molecule has 0 amide bonds. The van der Waals surface area contributed by atoms with Crippen molar-refractivity contribution in [3.8, 4) is 17.2 Å². The fourth-order valence-corrected chi connectivity index (χ4v) is 4.52. The Kier molecular flexibility index (Phi) is 19.4. The summed E-state index contributed by atoms with van der Waals surface area (Å²) >= 11 is 0. The van der Waals surface area contributed by atoms with E-state index in [0.717, 1.165) is 17.7 Å². The van der Waals surface area contributed by atoms with Crippen LogP contribution in [0.5, 0.6) is 17.2 Å². The molecule has 12 nitrogen and oxygen atoms in total. The van der Waals surface area contributed by atoms with Crippen molar-refractivity contribution in [3.05, 3.63) is 127 Å². The van der Waals surface area contributed by atoms with Crippen LogP contribution in [-0.2, 0) is 39.7 Å². The van der Waals surface area contributed by atoms with Crippen molar-refractivity contribution in [1.82, 2.24) is 0 Å². The van der Waals surface area contributed by atoms with Crippen molar-refractivity contribution < 1.29 is 57.1 Å². The Bertz CT molecular complexity index is 1630. The van der Waals surface area contributed by atoms with Gasteiger partial charge in [0.1, 0.15) is 30.0 Å². The van der Waals surface area contributed by atoms with E-state index >= 15 is 0 Å². The molecule has 0 bridgehead atoms. The molecular formula is C42H48O12. The molecule has 0 radical (unpaired) electrons. The van der Waals surface area contributed by atoms with Crippen LogP contribution in [0.25, 0.3) is 0 Å². The van der Waals surface area contributed by atoms with E-state index in [1.165, 1.54) is 0 Å². The zero-order valence-electron chi connectivity index (χ0n) is 30.6. The van der Waals surface area contributed by atoms with Crippen molar-refractivity contribution in [3.63, 3.8) is 0 Å².